The van der Waals surface area contributed by atoms with Crippen molar-refractivity contribution in [2.75, 3.05) is 20.1 Å². The van der Waals surface area contributed by atoms with E-state index in [1.54, 1.807) is 0 Å². The Bertz CT molecular complexity index is 377. The van der Waals surface area contributed by atoms with Gasteiger partial charge in [-0.15, -0.1) is 12.4 Å². The van der Waals surface area contributed by atoms with Gasteiger partial charge in [-0.3, -0.25) is 4.79 Å². The molecule has 0 radical (unpaired) electrons. The monoisotopic (exact) mass is 298 g/mol. The van der Waals surface area contributed by atoms with Gasteiger partial charge in [0.2, 0.25) is 5.91 Å². The molecule has 4 heteroatoms. The quantitative estimate of drug-likeness (QED) is 0.725. The van der Waals surface area contributed by atoms with Crippen LogP contribution in [0.1, 0.15) is 38.7 Å². The van der Waals surface area contributed by atoms with Crippen LogP contribution in [0, 0.1) is 0 Å². The highest BCUT2D eigenvalue weighted by atomic mass is 35.5. The summed E-state index contributed by atoms with van der Waals surface area (Å²) in [4.78, 5) is 12.6. The average molecular weight is 299 g/mol. The van der Waals surface area contributed by atoms with Gasteiger partial charge in [0.1, 0.15) is 0 Å². The van der Waals surface area contributed by atoms with Crippen molar-refractivity contribution in [1.29, 1.82) is 0 Å². The molecular weight excluding hydrogens is 272 g/mol. The molecule has 20 heavy (non-hydrogen) atoms. The fraction of sp³-hybridized carbons (Fsp3) is 0.562. The molecule has 1 aromatic rings. The van der Waals surface area contributed by atoms with Crippen LogP contribution >= 0.6 is 12.4 Å². The predicted molar refractivity (Wildman–Crippen MR) is 87.5 cm³/mol. The van der Waals surface area contributed by atoms with Gasteiger partial charge in [-0.25, -0.2) is 0 Å². The van der Waals surface area contributed by atoms with Crippen LogP contribution in [0.15, 0.2) is 30.3 Å². The highest BCUT2D eigenvalue weighted by molar-refractivity contribution is 5.88. The number of hydrogen-bond donors (Lipinski definition) is 2. The van der Waals surface area contributed by atoms with E-state index in [4.69, 9.17) is 0 Å². The summed E-state index contributed by atoms with van der Waals surface area (Å²) in [6.07, 6.45) is 2.61. The van der Waals surface area contributed by atoms with E-state index in [-0.39, 0.29) is 23.7 Å². The van der Waals surface area contributed by atoms with Crippen LogP contribution in [0.5, 0.6) is 0 Å². The van der Waals surface area contributed by atoms with E-state index < -0.39 is 0 Å². The van der Waals surface area contributed by atoms with E-state index in [2.05, 4.69) is 36.6 Å². The summed E-state index contributed by atoms with van der Waals surface area (Å²) >= 11 is 0. The molecule has 3 nitrogen and oxygen atoms in total. The topological polar surface area (TPSA) is 41.1 Å². The minimum absolute atomic E-state index is 0. The summed E-state index contributed by atoms with van der Waals surface area (Å²) in [6.45, 7) is 5.83. The van der Waals surface area contributed by atoms with Crippen molar-refractivity contribution < 1.29 is 4.79 Å². The predicted octanol–water partition coefficient (Wildman–Crippen LogP) is 2.89. The van der Waals surface area contributed by atoms with Crippen molar-refractivity contribution in [2.24, 2.45) is 0 Å². The SMILES string of the molecule is CCC(CC)(C(=O)NCCCNC)c1ccccc1.Cl. The maximum absolute atomic E-state index is 12.6. The van der Waals surface area contributed by atoms with Gasteiger partial charge in [-0.05, 0) is 38.4 Å². The molecule has 114 valence electrons. The highest BCUT2D eigenvalue weighted by Crippen LogP contribution is 2.31. The number of amides is 1. The Hall–Kier alpha value is -1.06. The Morgan fingerprint density at radius 3 is 2.20 bits per heavy atom. The molecule has 1 rings (SSSR count). The van der Waals surface area contributed by atoms with Crippen LogP contribution in [0.25, 0.3) is 0 Å². The Morgan fingerprint density at radius 2 is 1.70 bits per heavy atom. The Kier molecular flexibility index (Phi) is 9.26. The van der Waals surface area contributed by atoms with E-state index in [9.17, 15) is 4.79 Å². The van der Waals surface area contributed by atoms with Gasteiger partial charge < -0.3 is 10.6 Å². The zero-order valence-electron chi connectivity index (χ0n) is 12.7. The van der Waals surface area contributed by atoms with Gasteiger partial charge in [-0.2, -0.15) is 0 Å². The van der Waals surface area contributed by atoms with E-state index in [0.29, 0.717) is 0 Å². The third kappa shape index (κ3) is 4.50. The van der Waals surface area contributed by atoms with Gasteiger partial charge in [0.15, 0.2) is 0 Å². The lowest BCUT2D eigenvalue weighted by molar-refractivity contribution is -0.127. The molecule has 0 heterocycles. The molecule has 0 spiro atoms. The number of carbonyl (C=O) groups excluding carboxylic acids is 1. The van der Waals surface area contributed by atoms with Crippen molar-refractivity contribution in [2.45, 2.75) is 38.5 Å². The molecule has 0 aliphatic rings. The summed E-state index contributed by atoms with van der Waals surface area (Å²) in [6, 6.07) is 10.1. The van der Waals surface area contributed by atoms with Crippen molar-refractivity contribution in [3.8, 4) is 0 Å². The van der Waals surface area contributed by atoms with E-state index in [1.165, 1.54) is 0 Å². The fourth-order valence-electron chi connectivity index (χ4n) is 2.50. The van der Waals surface area contributed by atoms with Crippen LogP contribution in [-0.2, 0) is 10.2 Å². The lowest BCUT2D eigenvalue weighted by Crippen LogP contribution is -2.44. The second kappa shape index (κ2) is 9.78. The number of hydrogen-bond acceptors (Lipinski definition) is 2. The zero-order valence-corrected chi connectivity index (χ0v) is 13.6. The Balaban J connectivity index is 0.00000361. The van der Waals surface area contributed by atoms with Crippen molar-refractivity contribution in [1.82, 2.24) is 10.6 Å². The first-order chi connectivity index (χ1) is 9.21. The maximum atomic E-state index is 12.6. The zero-order chi connectivity index (χ0) is 14.1. The van der Waals surface area contributed by atoms with Crippen LogP contribution in [0.3, 0.4) is 0 Å². The maximum Gasteiger partial charge on any atom is 0.230 e. The summed E-state index contributed by atoms with van der Waals surface area (Å²) in [5, 5.41) is 6.17. The van der Waals surface area contributed by atoms with Crippen LogP contribution in [0.4, 0.5) is 0 Å². The molecule has 2 N–H and O–H groups in total. The van der Waals surface area contributed by atoms with Gasteiger partial charge in [0.05, 0.1) is 5.41 Å². The first kappa shape index (κ1) is 18.9. The van der Waals surface area contributed by atoms with E-state index in [1.807, 2.05) is 25.2 Å². The third-order valence-corrected chi connectivity index (χ3v) is 3.86. The minimum atomic E-state index is -0.388. The fourth-order valence-corrected chi connectivity index (χ4v) is 2.50. The van der Waals surface area contributed by atoms with Crippen LogP contribution in [0.2, 0.25) is 0 Å². The van der Waals surface area contributed by atoms with Crippen LogP contribution < -0.4 is 10.6 Å². The summed E-state index contributed by atoms with van der Waals surface area (Å²) in [7, 11) is 1.92. The Morgan fingerprint density at radius 1 is 1.10 bits per heavy atom. The average Bonchev–Trinajstić information content (AvgIpc) is 2.47. The second-order valence-corrected chi connectivity index (χ2v) is 4.87. The largest absolute Gasteiger partial charge is 0.355 e. The second-order valence-electron chi connectivity index (χ2n) is 4.87. The lowest BCUT2D eigenvalue weighted by Gasteiger charge is -2.31. The van der Waals surface area contributed by atoms with Crippen molar-refractivity contribution in [3.63, 3.8) is 0 Å². The number of halogens is 1. The van der Waals surface area contributed by atoms with E-state index >= 15 is 0 Å². The van der Waals surface area contributed by atoms with Crippen molar-refractivity contribution in [3.05, 3.63) is 35.9 Å². The molecule has 0 saturated heterocycles. The van der Waals surface area contributed by atoms with Gasteiger partial charge in [0, 0.05) is 6.54 Å². The number of benzene rings is 1. The molecular formula is C16H27ClN2O. The first-order valence-electron chi connectivity index (χ1n) is 7.19. The van der Waals surface area contributed by atoms with Crippen LogP contribution in [-0.4, -0.2) is 26.0 Å². The van der Waals surface area contributed by atoms with Crippen molar-refractivity contribution >= 4 is 18.3 Å². The number of rotatable bonds is 8. The molecule has 1 amide bonds. The molecule has 1 aromatic carbocycles. The lowest BCUT2D eigenvalue weighted by atomic mass is 9.75. The summed E-state index contributed by atoms with van der Waals surface area (Å²) in [5.74, 6) is 0.153. The van der Waals surface area contributed by atoms with Gasteiger partial charge in [0.25, 0.3) is 0 Å². The smallest absolute Gasteiger partial charge is 0.230 e. The highest BCUT2D eigenvalue weighted by Gasteiger charge is 2.36. The molecule has 0 aromatic heterocycles. The standard InChI is InChI=1S/C16H26N2O.ClH/c1-4-16(5-2,14-10-7-6-8-11-14)15(19)18-13-9-12-17-3;/h6-8,10-11,17H,4-5,9,12-13H2,1-3H3,(H,18,19);1H. The molecule has 0 atom stereocenters. The van der Waals surface area contributed by atoms with E-state index in [0.717, 1.165) is 37.9 Å². The molecule has 0 unspecified atom stereocenters. The number of nitrogens with one attached hydrogen (secondary N) is 2. The number of carbonyl (C=O) groups is 1. The van der Waals surface area contributed by atoms with Gasteiger partial charge in [-0.1, -0.05) is 44.2 Å². The summed E-state index contributed by atoms with van der Waals surface area (Å²) < 4.78 is 0. The molecule has 0 fully saturated rings. The Labute approximate surface area is 128 Å². The van der Waals surface area contributed by atoms with Gasteiger partial charge >= 0.3 is 0 Å². The molecule has 0 aliphatic carbocycles. The first-order valence-corrected chi connectivity index (χ1v) is 7.19. The molecule has 0 saturated carbocycles. The minimum Gasteiger partial charge on any atom is -0.355 e. The summed E-state index contributed by atoms with van der Waals surface area (Å²) in [5.41, 5.74) is 0.729. The normalized spacial score (nSPS) is 10.8. The third-order valence-electron chi connectivity index (χ3n) is 3.86. The molecule has 0 bridgehead atoms. The molecule has 0 aliphatic heterocycles.